The molecule has 0 spiro atoms. The number of carbonyl (C=O) groups is 10. The number of imide groups is 1. The first-order valence-electron chi connectivity index (χ1n) is 23.4. The van der Waals surface area contributed by atoms with Crippen molar-refractivity contribution >= 4 is 96.5 Å². The third-order valence-corrected chi connectivity index (χ3v) is 13.2. The van der Waals surface area contributed by atoms with Crippen LogP contribution in [0.5, 0.6) is 0 Å². The maximum atomic E-state index is 15.3. The zero-order valence-corrected chi connectivity index (χ0v) is 45.3. The Hall–Kier alpha value is -6.65. The summed E-state index contributed by atoms with van der Waals surface area (Å²) >= 11 is 0.488. The summed E-state index contributed by atoms with van der Waals surface area (Å²) in [5.74, 6) is -6.38. The molecule has 0 saturated heterocycles. The second kappa shape index (κ2) is 28.6. The van der Waals surface area contributed by atoms with E-state index in [2.05, 4.69) is 37.2 Å². The van der Waals surface area contributed by atoms with Gasteiger partial charge in [-0.2, -0.15) is 0 Å². The molecule has 1 aliphatic carbocycles. The molecule has 4 heterocycles. The van der Waals surface area contributed by atoms with Crippen LogP contribution in [0, 0.1) is 12.7 Å². The average molecular weight is 1210 g/mol. The number of carbonyl (C=O) groups excluding carboxylic acids is 10. The molecular weight excluding hydrogens is 1150 g/mol. The predicted molar refractivity (Wildman–Crippen MR) is 262 cm³/mol. The van der Waals surface area contributed by atoms with Gasteiger partial charge in [-0.05, 0) is 61.6 Å². The minimum atomic E-state index is -1.01. The summed E-state index contributed by atoms with van der Waals surface area (Å²) in [5, 5.41) is 18.2. The SMILES string of the molecule is CC.CCC(C=O)c1cc2n(c(=O)c1COC)Cc1c-2nc2cc(F)c(C)c3c2c1C(NC(=O)COCNC(=O)CNC(=O)C([CH2][Pb])NC(=O)CNC(=O)CNC(=O)CN1C(=O)C=CC1=O)CC3.CNCC=O. The van der Waals surface area contributed by atoms with E-state index >= 15 is 4.39 Å². The average Bonchev–Trinajstić information content (AvgIpc) is 3.91. The summed E-state index contributed by atoms with van der Waals surface area (Å²) in [4.78, 5) is 139. The van der Waals surface area contributed by atoms with Gasteiger partial charge in [-0.15, -0.1) is 0 Å². The fourth-order valence-electron chi connectivity index (χ4n) is 8.13. The van der Waals surface area contributed by atoms with Crippen LogP contribution in [0.4, 0.5) is 4.39 Å². The number of methoxy groups -OCH3 is 1. The molecule has 3 unspecified atom stereocenters. The van der Waals surface area contributed by atoms with E-state index in [4.69, 9.17) is 14.5 Å². The van der Waals surface area contributed by atoms with Crippen molar-refractivity contribution in [2.24, 2.45) is 0 Å². The van der Waals surface area contributed by atoms with Crippen molar-refractivity contribution in [3.05, 3.63) is 73.8 Å². The van der Waals surface area contributed by atoms with Crippen molar-refractivity contribution in [1.29, 1.82) is 0 Å². The summed E-state index contributed by atoms with van der Waals surface area (Å²) in [6, 6.07) is 1.54. The van der Waals surface area contributed by atoms with Gasteiger partial charge in [0.15, 0.2) is 0 Å². The van der Waals surface area contributed by atoms with E-state index in [1.54, 1.807) is 24.6 Å². The van der Waals surface area contributed by atoms with E-state index in [9.17, 15) is 52.7 Å². The van der Waals surface area contributed by atoms with Crippen molar-refractivity contribution in [3.63, 3.8) is 0 Å². The van der Waals surface area contributed by atoms with Gasteiger partial charge in [0.2, 0.25) is 0 Å². The standard InChI is InChI=1S/C43H47FN9O12.C3H7NO.C2H6.Pb/c1-5-23(17-54)25-10-31-41-26(15-52(31)43(63)27(25)18-64-4)40-29(7-6-24-21(2)28(44)11-30(51-41)39(24)40)50-36(59)19-65-20-48-33(56)13-47-42(62)22(3)49-34(57)14-45-32(55)12-46-35(58)16-53-37(60)8-9-38(53)61;1-4-2-3-5;1-2;/h8-11,17,22-23,29H,3,5-7,12-16,18-20H2,1-2,4H3,(H,45,55)(H,46,58)(H,47,62)(H,48,56)(H,49,57)(H,50,59);3-4H,2H2,1H3;1-2H3;. The molecule has 1 aromatic carbocycles. The molecule has 73 heavy (non-hydrogen) atoms. The van der Waals surface area contributed by atoms with Crippen molar-refractivity contribution in [1.82, 2.24) is 51.7 Å². The van der Waals surface area contributed by atoms with Crippen LogP contribution in [0.1, 0.15) is 79.0 Å². The van der Waals surface area contributed by atoms with Crippen LogP contribution in [-0.4, -0.2) is 166 Å². The first-order chi connectivity index (χ1) is 35.0. The number of fused-ring (bicyclic) bond motifs is 4. The van der Waals surface area contributed by atoms with Crippen LogP contribution < -0.4 is 42.8 Å². The molecule has 3 aliphatic rings. The van der Waals surface area contributed by atoms with Crippen LogP contribution in [0.25, 0.3) is 22.3 Å². The van der Waals surface area contributed by atoms with Crippen LogP contribution in [0.15, 0.2) is 29.1 Å². The number of hydrogen-bond acceptors (Lipinski definition) is 15. The number of aldehydes is 2. The quantitative estimate of drug-likeness (QED) is 0.0149. The molecule has 6 rings (SSSR count). The molecule has 8 amide bonds. The zero-order valence-electron chi connectivity index (χ0n) is 41.4. The summed E-state index contributed by atoms with van der Waals surface area (Å²) in [5.41, 5.74) is 4.48. The van der Waals surface area contributed by atoms with Crippen LogP contribution in [-0.2, 0) is 77.0 Å². The Kier molecular flexibility index (Phi) is 23.0. The number of nitrogens with one attached hydrogen (secondary N) is 7. The Balaban J connectivity index is 0.00000155. The van der Waals surface area contributed by atoms with Crippen LogP contribution >= 0.6 is 0 Å². The third kappa shape index (κ3) is 15.0. The zero-order chi connectivity index (χ0) is 53.9. The molecule has 23 nitrogen and oxygen atoms in total. The normalized spacial score (nSPS) is 14.5. The molecule has 391 valence electrons. The Morgan fingerprint density at radius 1 is 0.918 bits per heavy atom. The second-order valence-corrected chi connectivity index (χ2v) is 17.9. The first-order valence-corrected chi connectivity index (χ1v) is 26.1. The summed E-state index contributed by atoms with van der Waals surface area (Å²) in [7, 11) is 3.20. The maximum absolute atomic E-state index is 15.3. The monoisotopic (exact) mass is 1210 g/mol. The Morgan fingerprint density at radius 2 is 1.58 bits per heavy atom. The van der Waals surface area contributed by atoms with Crippen molar-refractivity contribution < 1.29 is 61.8 Å². The summed E-state index contributed by atoms with van der Waals surface area (Å²) < 4.78 is 27.9. The number of rotatable bonds is 23. The number of ether oxygens (including phenoxy) is 2. The molecule has 7 N–H and O–H groups in total. The molecule has 25 heteroatoms. The molecular formula is C48H60FN10O13Pb. The third-order valence-electron chi connectivity index (χ3n) is 11.7. The fraction of sp³-hybridized carbons (Fsp3) is 0.458. The van der Waals surface area contributed by atoms with E-state index in [0.717, 1.165) is 30.3 Å². The van der Waals surface area contributed by atoms with Gasteiger partial charge in [0.05, 0.1) is 42.6 Å². The van der Waals surface area contributed by atoms with E-state index in [-0.39, 0.29) is 29.4 Å². The van der Waals surface area contributed by atoms with Gasteiger partial charge in [-0.25, -0.2) is 9.37 Å². The summed E-state index contributed by atoms with van der Waals surface area (Å²) in [6.45, 7) is 5.13. The number of aryl methyl sites for hydroxylation is 1. The van der Waals surface area contributed by atoms with Crippen molar-refractivity contribution in [2.45, 2.75) is 82.1 Å². The molecule has 2 aliphatic heterocycles. The Morgan fingerprint density at radius 3 is 2.19 bits per heavy atom. The van der Waals surface area contributed by atoms with E-state index in [1.807, 2.05) is 20.8 Å². The number of likely N-dealkylation sites (N-methyl/N-ethyl adjacent to an activating group) is 1. The van der Waals surface area contributed by atoms with Gasteiger partial charge < -0.3 is 24.2 Å². The van der Waals surface area contributed by atoms with E-state index in [0.29, 0.717) is 107 Å². The first kappa shape index (κ1) is 58.9. The van der Waals surface area contributed by atoms with Crippen molar-refractivity contribution in [3.8, 4) is 11.4 Å². The van der Waals surface area contributed by atoms with Crippen LogP contribution in [0.2, 0.25) is 3.98 Å². The van der Waals surface area contributed by atoms with Gasteiger partial charge in [0, 0.05) is 47.8 Å². The molecule has 0 bridgehead atoms. The minimum absolute atomic E-state index is 0.00542. The number of nitrogens with zero attached hydrogens (tertiary/aromatic N) is 3. The molecule has 3 atom stereocenters. The van der Waals surface area contributed by atoms with Gasteiger partial charge >= 0.3 is 181 Å². The fourth-order valence-corrected chi connectivity index (χ4v) is 9.24. The molecule has 0 fully saturated rings. The number of benzene rings is 1. The van der Waals surface area contributed by atoms with Gasteiger partial charge in [0.25, 0.3) is 17.4 Å². The smallest absolute Gasteiger partial charge is 0.313 e. The predicted octanol–water partition coefficient (Wildman–Crippen LogP) is -1.32. The van der Waals surface area contributed by atoms with E-state index < -0.39 is 104 Å². The number of hydrogen-bond donors (Lipinski definition) is 7. The Labute approximate surface area is 435 Å². The van der Waals surface area contributed by atoms with Gasteiger partial charge in [0.1, 0.15) is 18.4 Å². The van der Waals surface area contributed by atoms with E-state index in [1.165, 1.54) is 13.2 Å². The molecule has 3 aromatic rings. The van der Waals surface area contributed by atoms with Crippen LogP contribution in [0.3, 0.4) is 0 Å². The molecule has 3 radical (unpaired) electrons. The topological polar surface area (TPSA) is 311 Å². The second-order valence-electron chi connectivity index (χ2n) is 16.3. The number of halogens is 1. The van der Waals surface area contributed by atoms with Gasteiger partial charge in [-0.3, -0.25) is 14.4 Å². The molecule has 2 aromatic heterocycles. The number of aromatic nitrogens is 2. The summed E-state index contributed by atoms with van der Waals surface area (Å²) in [6.07, 6.45) is 4.94. The molecule has 0 saturated carbocycles. The number of pyridine rings is 2. The van der Waals surface area contributed by atoms with Gasteiger partial charge in [-0.1, -0.05) is 20.8 Å². The Bertz CT molecular complexity index is 2700. The van der Waals surface area contributed by atoms with Crippen molar-refractivity contribution in [2.75, 3.05) is 60.2 Å². The minimum Gasteiger partial charge on any atom is -0.313 e. The number of amides is 8.